The van der Waals surface area contributed by atoms with Gasteiger partial charge >= 0.3 is 5.97 Å². The lowest BCUT2D eigenvalue weighted by molar-refractivity contribution is -0.259. The fourth-order valence-electron chi connectivity index (χ4n) is 11.4. The highest BCUT2D eigenvalue weighted by Crippen LogP contribution is 2.75. The monoisotopic (exact) mass is 1320 g/mol. The number of carbonyl (C=O) groups is 1. The number of aliphatic hydroxyl groups is 5. The number of allylic oxidation sites excluding steroid dienone is 3. The maximum absolute atomic E-state index is 12.6. The molecule has 0 aromatic carbocycles. The molecule has 91 heavy (non-hydrogen) atoms. The second-order valence-electron chi connectivity index (χ2n) is 17.2. The van der Waals surface area contributed by atoms with Crippen LogP contribution in [-0.4, -0.2) is 69.1 Å². The SMILES string of the molecule is C/C=C(\C)C(=O)OC[C@]1(C)C2CC[C@]3(C)C(CC=C4C5CC(C)(C)[C@@H](O)[C@H](O)[C@]5(CO)[C@H](O)C[C@]43C)[C@@]2(C)CC[C@@H]1O.CC.CC.CC.CC.CC.CC.CC.CC.CC.CC.CC.CC.CC.CC.CC.CC.CC.CC.CC.CC.CC.CC.CC.CCC. The van der Waals surface area contributed by atoms with Crippen LogP contribution in [0.5, 0.6) is 0 Å². The van der Waals surface area contributed by atoms with E-state index < -0.39 is 40.7 Å². The molecule has 5 N–H and O–H groups in total. The van der Waals surface area contributed by atoms with Gasteiger partial charge in [-0.25, -0.2) is 4.79 Å². The van der Waals surface area contributed by atoms with E-state index in [0.29, 0.717) is 30.8 Å². The molecule has 0 aliphatic heterocycles. The molecule has 4 saturated carbocycles. The fourth-order valence-corrected chi connectivity index (χ4v) is 11.4. The molecule has 4 fully saturated rings. The topological polar surface area (TPSA) is 127 Å². The van der Waals surface area contributed by atoms with E-state index in [1.165, 1.54) is 12.0 Å². The van der Waals surface area contributed by atoms with Gasteiger partial charge in [0.15, 0.2) is 0 Å². The van der Waals surface area contributed by atoms with Crippen LogP contribution in [0.3, 0.4) is 0 Å². The van der Waals surface area contributed by atoms with Gasteiger partial charge in [0.25, 0.3) is 0 Å². The second-order valence-corrected chi connectivity index (χ2v) is 17.2. The molecular weight excluding hydrogens is 1120 g/mol. The van der Waals surface area contributed by atoms with Crippen LogP contribution in [0.1, 0.15) is 439 Å². The van der Waals surface area contributed by atoms with Crippen LogP contribution in [0.25, 0.3) is 0 Å². The highest BCUT2D eigenvalue weighted by molar-refractivity contribution is 5.87. The predicted molar refractivity (Wildman–Crippen MR) is 438 cm³/mol. The number of aliphatic hydroxyl groups excluding tert-OH is 5. The van der Waals surface area contributed by atoms with Crippen LogP contribution in [0, 0.1) is 50.2 Å². The molecule has 0 aromatic heterocycles. The van der Waals surface area contributed by atoms with Crippen molar-refractivity contribution in [2.45, 2.75) is 464 Å². The normalized spacial score (nSPS) is 25.6. The zero-order chi connectivity index (χ0) is 80.0. The van der Waals surface area contributed by atoms with E-state index >= 15 is 0 Å². The summed E-state index contributed by atoms with van der Waals surface area (Å²) in [5.41, 5.74) is -1.12. The van der Waals surface area contributed by atoms with Crippen molar-refractivity contribution in [3.63, 3.8) is 0 Å². The van der Waals surface area contributed by atoms with E-state index in [9.17, 15) is 30.3 Å². The van der Waals surface area contributed by atoms with Gasteiger partial charge in [-0.2, -0.15) is 0 Å². The smallest absolute Gasteiger partial charge is 0.333 e. The molecule has 5 aliphatic rings. The molecule has 0 bridgehead atoms. The van der Waals surface area contributed by atoms with Crippen molar-refractivity contribution < 1.29 is 35.1 Å². The van der Waals surface area contributed by atoms with E-state index in [2.05, 4.69) is 47.6 Å². The number of hydrogen-bond acceptors (Lipinski definition) is 7. The molecule has 0 amide bonds. The molecule has 5 rings (SSSR count). The van der Waals surface area contributed by atoms with E-state index in [1.807, 2.05) is 339 Å². The van der Waals surface area contributed by atoms with E-state index in [1.54, 1.807) is 13.0 Å². The predicted octanol–water partition coefficient (Wildman–Crippen LogP) is 29.6. The number of ether oxygens (including phenoxy) is 1. The first-order valence-electron chi connectivity index (χ1n) is 40.7. The minimum Gasteiger partial charge on any atom is -0.462 e. The van der Waals surface area contributed by atoms with Crippen LogP contribution < -0.4 is 0 Å². The molecule has 0 spiro atoms. The average Bonchev–Trinajstić information content (AvgIpc) is 0.684. The number of carbonyl (C=O) groups excluding carboxylic acids is 1. The van der Waals surface area contributed by atoms with Crippen LogP contribution in [0.15, 0.2) is 23.3 Å². The third kappa shape index (κ3) is 48.2. The minimum absolute atomic E-state index is 0.105. The van der Waals surface area contributed by atoms with E-state index in [0.717, 1.165) is 25.7 Å². The summed E-state index contributed by atoms with van der Waals surface area (Å²) in [5.74, 6) is -0.110. The summed E-state index contributed by atoms with van der Waals surface area (Å²) in [4.78, 5) is 12.6. The van der Waals surface area contributed by atoms with Gasteiger partial charge in [-0.1, -0.05) is 398 Å². The fraction of sp³-hybridized carbons (Fsp3) is 0.940. The van der Waals surface area contributed by atoms with Crippen LogP contribution in [-0.2, 0) is 9.53 Å². The summed E-state index contributed by atoms with van der Waals surface area (Å²) >= 11 is 0. The third-order valence-electron chi connectivity index (χ3n) is 14.5. The maximum atomic E-state index is 12.6. The number of hydrogen-bond donors (Lipinski definition) is 5. The Labute approximate surface area is 588 Å². The Hall–Kier alpha value is -1.25. The summed E-state index contributed by atoms with van der Waals surface area (Å²) < 4.78 is 5.82. The van der Waals surface area contributed by atoms with Gasteiger partial charge in [-0.05, 0) is 98.2 Å². The van der Waals surface area contributed by atoms with Crippen molar-refractivity contribution in [2.75, 3.05) is 13.2 Å². The maximum Gasteiger partial charge on any atom is 0.333 e. The Morgan fingerprint density at radius 1 is 0.473 bits per heavy atom. The van der Waals surface area contributed by atoms with Gasteiger partial charge in [0.05, 0.1) is 43.0 Å². The molecular formula is C84H202O7. The van der Waals surface area contributed by atoms with Crippen molar-refractivity contribution in [1.82, 2.24) is 0 Å². The first kappa shape index (κ1) is 145. The molecule has 7 nitrogen and oxygen atoms in total. The van der Waals surface area contributed by atoms with E-state index in [4.69, 9.17) is 4.74 Å². The lowest BCUT2D eigenvalue weighted by Gasteiger charge is -2.72. The van der Waals surface area contributed by atoms with Crippen LogP contribution >= 0.6 is 0 Å². The Bertz CT molecular complexity index is 1180. The zero-order valence-electron chi connectivity index (χ0n) is 75.8. The molecule has 0 aromatic rings. The Morgan fingerprint density at radius 2 is 0.780 bits per heavy atom. The molecule has 3 unspecified atom stereocenters. The molecule has 0 heterocycles. The molecule has 0 saturated heterocycles. The van der Waals surface area contributed by atoms with Crippen molar-refractivity contribution in [2.24, 2.45) is 50.2 Å². The molecule has 580 valence electrons. The quantitative estimate of drug-likeness (QED) is 0.108. The van der Waals surface area contributed by atoms with Gasteiger partial charge in [-0.15, -0.1) is 0 Å². The summed E-state index contributed by atoms with van der Waals surface area (Å²) in [6, 6.07) is 0. The summed E-state index contributed by atoms with van der Waals surface area (Å²) in [6.07, 6.45) is 6.82. The first-order valence-corrected chi connectivity index (χ1v) is 40.7. The molecule has 5 aliphatic carbocycles. The van der Waals surface area contributed by atoms with Crippen molar-refractivity contribution >= 4 is 5.97 Å². The van der Waals surface area contributed by atoms with Crippen molar-refractivity contribution in [3.05, 3.63) is 23.3 Å². The highest BCUT2D eigenvalue weighted by Gasteiger charge is 2.72. The Kier molecular flexibility index (Phi) is 181. The molecule has 12 atom stereocenters. The van der Waals surface area contributed by atoms with Crippen molar-refractivity contribution in [1.29, 1.82) is 0 Å². The largest absolute Gasteiger partial charge is 0.462 e. The minimum atomic E-state index is -1.22. The van der Waals surface area contributed by atoms with Gasteiger partial charge in [0, 0.05) is 11.0 Å². The van der Waals surface area contributed by atoms with E-state index in [-0.39, 0.29) is 47.3 Å². The number of esters is 1. The van der Waals surface area contributed by atoms with Crippen LogP contribution in [0.4, 0.5) is 0 Å². The average molecular weight is 1320 g/mol. The molecule has 0 radical (unpaired) electrons. The van der Waals surface area contributed by atoms with Gasteiger partial charge < -0.3 is 30.3 Å². The first-order chi connectivity index (χ1) is 43.8. The van der Waals surface area contributed by atoms with Gasteiger partial charge in [0.1, 0.15) is 0 Å². The summed E-state index contributed by atoms with van der Waals surface area (Å²) in [6.45, 7) is 113. The Morgan fingerprint density at radius 3 is 1.07 bits per heavy atom. The van der Waals surface area contributed by atoms with Gasteiger partial charge in [0.2, 0.25) is 0 Å². The zero-order valence-corrected chi connectivity index (χ0v) is 75.8. The highest BCUT2D eigenvalue weighted by atomic mass is 16.5. The second kappa shape index (κ2) is 113. The van der Waals surface area contributed by atoms with Gasteiger partial charge in [-0.3, -0.25) is 0 Å². The Balaban J connectivity index is -0.0000000481. The lowest BCUT2D eigenvalue weighted by atomic mass is 9.33. The lowest BCUT2D eigenvalue weighted by Crippen LogP contribution is -2.71. The van der Waals surface area contributed by atoms with Crippen molar-refractivity contribution in [3.8, 4) is 0 Å². The summed E-state index contributed by atoms with van der Waals surface area (Å²) in [7, 11) is 0. The number of fused-ring (bicyclic) bond motifs is 7. The summed E-state index contributed by atoms with van der Waals surface area (Å²) in [5, 5.41) is 56.6. The third-order valence-corrected chi connectivity index (χ3v) is 14.5. The molecule has 7 heteroatoms. The standard InChI is InChI=1S/C35H56O7.C3H8.23C2H6/c1-9-20(2)29(41)42-19-32(6)23-12-15-33(7)24(31(23,5)14-13-25(32)37)11-10-21-22-16-30(3,4)27(39)28(40)35(22,18-36)26(38)17-34(21,33)8;1-3-2;23*1-2/h9-10,22-28,36-40H,11-19H2,1-8H3;3H2,1-2H3;23*1-2H3/b20-9+;;;;;;;;;;;;;;;;;;;;;;;;/t22?,23?,24?,25-,26+,27-,28-,31-,32+,33+,34+,35-;;;;;;;;;;;;;;;;;;;;;;;;/m0......................../s1. The van der Waals surface area contributed by atoms with Crippen LogP contribution in [0.2, 0.25) is 0 Å². The number of rotatable bonds is 4.